The maximum Gasteiger partial charge on any atom is 0.145 e. The molecular formula is C11H9N3S. The number of hydrogen-bond acceptors (Lipinski definition) is 2. The molecule has 1 N–H and O–H groups in total. The zero-order valence-corrected chi connectivity index (χ0v) is 9.01. The molecule has 3 nitrogen and oxygen atoms in total. The summed E-state index contributed by atoms with van der Waals surface area (Å²) < 4.78 is 2.27. The van der Waals surface area contributed by atoms with Crippen molar-refractivity contribution in [2.45, 2.75) is 6.92 Å². The molecule has 0 radical (unpaired) electrons. The van der Waals surface area contributed by atoms with Gasteiger partial charge in [-0.1, -0.05) is 30.4 Å². The Balaban J connectivity index is 2.67. The molecular weight excluding hydrogens is 206 g/mol. The minimum Gasteiger partial charge on any atom is -0.296 e. The molecule has 1 aromatic heterocycles. The van der Waals surface area contributed by atoms with E-state index in [1.165, 1.54) is 0 Å². The molecule has 1 heterocycles. The van der Waals surface area contributed by atoms with Gasteiger partial charge in [-0.05, 0) is 19.1 Å². The van der Waals surface area contributed by atoms with Crippen molar-refractivity contribution < 1.29 is 0 Å². The number of nitriles is 1. The van der Waals surface area contributed by atoms with Crippen LogP contribution in [0.15, 0.2) is 30.3 Å². The van der Waals surface area contributed by atoms with E-state index in [-0.39, 0.29) is 0 Å². The lowest BCUT2D eigenvalue weighted by atomic mass is 10.3. The summed E-state index contributed by atoms with van der Waals surface area (Å²) in [6.45, 7) is 1.84. The lowest BCUT2D eigenvalue weighted by Gasteiger charge is -2.00. The highest BCUT2D eigenvalue weighted by Crippen LogP contribution is 2.13. The van der Waals surface area contributed by atoms with Gasteiger partial charge in [0.2, 0.25) is 0 Å². The Morgan fingerprint density at radius 2 is 2.00 bits per heavy atom. The third kappa shape index (κ3) is 1.58. The van der Waals surface area contributed by atoms with Crippen molar-refractivity contribution in [2.24, 2.45) is 0 Å². The van der Waals surface area contributed by atoms with E-state index in [4.69, 9.17) is 17.5 Å². The Morgan fingerprint density at radius 3 is 2.53 bits per heavy atom. The van der Waals surface area contributed by atoms with Crippen LogP contribution in [0.5, 0.6) is 0 Å². The van der Waals surface area contributed by atoms with E-state index >= 15 is 0 Å². The van der Waals surface area contributed by atoms with Crippen molar-refractivity contribution in [3.05, 3.63) is 46.2 Å². The van der Waals surface area contributed by atoms with E-state index in [0.29, 0.717) is 10.2 Å². The SMILES string of the molecule is Cc1[nH]n(-c2ccccc2)c(=S)c1C#N. The lowest BCUT2D eigenvalue weighted by molar-refractivity contribution is 0.853. The number of benzene rings is 1. The number of nitrogens with zero attached hydrogens (tertiary/aromatic N) is 2. The summed E-state index contributed by atoms with van der Waals surface area (Å²) in [5.74, 6) is 0. The second-order valence-corrected chi connectivity index (χ2v) is 3.59. The van der Waals surface area contributed by atoms with Gasteiger partial charge in [0.25, 0.3) is 0 Å². The van der Waals surface area contributed by atoms with Gasteiger partial charge in [0.15, 0.2) is 0 Å². The fourth-order valence-corrected chi connectivity index (χ4v) is 1.79. The zero-order chi connectivity index (χ0) is 10.8. The highest BCUT2D eigenvalue weighted by Gasteiger charge is 2.07. The molecule has 0 unspecified atom stereocenters. The first-order chi connectivity index (χ1) is 7.24. The molecule has 0 aliphatic carbocycles. The third-order valence-corrected chi connectivity index (χ3v) is 2.58. The largest absolute Gasteiger partial charge is 0.296 e. The van der Waals surface area contributed by atoms with Crippen LogP contribution in [-0.4, -0.2) is 9.78 Å². The molecule has 1 aromatic carbocycles. The molecule has 0 spiro atoms. The topological polar surface area (TPSA) is 44.5 Å². The molecule has 2 aromatic rings. The number of aromatic nitrogens is 2. The van der Waals surface area contributed by atoms with Crippen LogP contribution in [0.4, 0.5) is 0 Å². The second-order valence-electron chi connectivity index (χ2n) is 3.20. The van der Waals surface area contributed by atoms with Crippen molar-refractivity contribution in [2.75, 3.05) is 0 Å². The van der Waals surface area contributed by atoms with Gasteiger partial charge in [0.05, 0.1) is 5.69 Å². The summed E-state index contributed by atoms with van der Waals surface area (Å²) >= 11 is 5.20. The number of H-pyrrole nitrogens is 1. The molecule has 0 aliphatic heterocycles. The first-order valence-corrected chi connectivity index (χ1v) is 4.92. The van der Waals surface area contributed by atoms with Crippen LogP contribution in [0, 0.1) is 22.9 Å². The van der Waals surface area contributed by atoms with Crippen molar-refractivity contribution in [3.8, 4) is 11.8 Å². The molecule has 0 fully saturated rings. The average Bonchev–Trinajstić information content (AvgIpc) is 2.55. The highest BCUT2D eigenvalue weighted by molar-refractivity contribution is 7.71. The predicted molar refractivity (Wildman–Crippen MR) is 60.4 cm³/mol. The first kappa shape index (κ1) is 9.69. The smallest absolute Gasteiger partial charge is 0.145 e. The Bertz CT molecular complexity index is 572. The molecule has 0 aliphatic rings. The van der Waals surface area contributed by atoms with E-state index in [2.05, 4.69) is 11.2 Å². The summed E-state index contributed by atoms with van der Waals surface area (Å²) in [5.41, 5.74) is 2.27. The van der Waals surface area contributed by atoms with Gasteiger partial charge in [-0.15, -0.1) is 0 Å². The summed E-state index contributed by atoms with van der Waals surface area (Å²) in [4.78, 5) is 0. The van der Waals surface area contributed by atoms with Gasteiger partial charge >= 0.3 is 0 Å². The fourth-order valence-electron chi connectivity index (χ4n) is 1.44. The predicted octanol–water partition coefficient (Wildman–Crippen LogP) is 2.71. The van der Waals surface area contributed by atoms with Gasteiger partial charge < -0.3 is 0 Å². The Hall–Kier alpha value is -1.86. The molecule has 0 saturated heterocycles. The molecule has 74 valence electrons. The molecule has 15 heavy (non-hydrogen) atoms. The minimum absolute atomic E-state index is 0.529. The first-order valence-electron chi connectivity index (χ1n) is 4.51. The van der Waals surface area contributed by atoms with Crippen LogP contribution in [0.1, 0.15) is 11.3 Å². The van der Waals surface area contributed by atoms with E-state index < -0.39 is 0 Å². The number of para-hydroxylation sites is 1. The van der Waals surface area contributed by atoms with Crippen LogP contribution < -0.4 is 0 Å². The van der Waals surface area contributed by atoms with Gasteiger partial charge in [-0.2, -0.15) is 5.26 Å². The molecule has 2 rings (SSSR count). The Morgan fingerprint density at radius 1 is 1.33 bits per heavy atom. The lowest BCUT2D eigenvalue weighted by Crippen LogP contribution is -1.95. The Labute approximate surface area is 92.6 Å². The summed E-state index contributed by atoms with van der Waals surface area (Å²) in [5, 5.41) is 12.0. The second kappa shape index (κ2) is 3.71. The quantitative estimate of drug-likeness (QED) is 0.743. The van der Waals surface area contributed by atoms with Crippen LogP contribution in [0.3, 0.4) is 0 Å². The Kier molecular flexibility index (Phi) is 2.40. The number of rotatable bonds is 1. The van der Waals surface area contributed by atoms with Crippen LogP contribution in [-0.2, 0) is 0 Å². The standard InChI is InChI=1S/C11H9N3S/c1-8-10(7-12)11(15)14(13-8)9-5-3-2-4-6-9/h2-6,13H,1H3. The molecule has 0 saturated carbocycles. The number of nitrogens with one attached hydrogen (secondary N) is 1. The minimum atomic E-state index is 0.529. The van der Waals surface area contributed by atoms with Gasteiger partial charge in [-0.3, -0.25) is 5.10 Å². The normalized spacial score (nSPS) is 9.87. The van der Waals surface area contributed by atoms with Gasteiger partial charge in [0, 0.05) is 5.69 Å². The van der Waals surface area contributed by atoms with Crippen molar-refractivity contribution in [1.82, 2.24) is 9.78 Å². The monoisotopic (exact) mass is 215 g/mol. The van der Waals surface area contributed by atoms with E-state index in [9.17, 15) is 0 Å². The van der Waals surface area contributed by atoms with Gasteiger partial charge in [0.1, 0.15) is 16.3 Å². The number of hydrogen-bond donors (Lipinski definition) is 1. The third-order valence-electron chi connectivity index (χ3n) is 2.20. The molecule has 4 heteroatoms. The zero-order valence-electron chi connectivity index (χ0n) is 8.19. The van der Waals surface area contributed by atoms with Crippen molar-refractivity contribution in [3.63, 3.8) is 0 Å². The summed E-state index contributed by atoms with van der Waals surface area (Å²) in [6.07, 6.45) is 0. The number of aryl methyl sites for hydroxylation is 1. The van der Waals surface area contributed by atoms with Crippen LogP contribution >= 0.6 is 12.2 Å². The molecule has 0 bridgehead atoms. The number of aromatic amines is 1. The molecule has 0 amide bonds. The van der Waals surface area contributed by atoms with Crippen molar-refractivity contribution >= 4 is 12.2 Å². The van der Waals surface area contributed by atoms with Crippen LogP contribution in [0.25, 0.3) is 5.69 Å². The maximum atomic E-state index is 8.91. The fraction of sp³-hybridized carbons (Fsp3) is 0.0909. The summed E-state index contributed by atoms with van der Waals surface area (Å²) in [6, 6.07) is 11.8. The maximum absolute atomic E-state index is 8.91. The van der Waals surface area contributed by atoms with Crippen LogP contribution in [0.2, 0.25) is 0 Å². The average molecular weight is 215 g/mol. The van der Waals surface area contributed by atoms with E-state index in [1.807, 2.05) is 37.3 Å². The molecule has 0 atom stereocenters. The van der Waals surface area contributed by atoms with Crippen molar-refractivity contribution in [1.29, 1.82) is 5.26 Å². The highest BCUT2D eigenvalue weighted by atomic mass is 32.1. The van der Waals surface area contributed by atoms with E-state index in [0.717, 1.165) is 11.4 Å². The van der Waals surface area contributed by atoms with Gasteiger partial charge in [-0.25, -0.2) is 4.68 Å². The summed E-state index contributed by atoms with van der Waals surface area (Å²) in [7, 11) is 0. The van der Waals surface area contributed by atoms with E-state index in [1.54, 1.807) is 4.68 Å².